The lowest BCUT2D eigenvalue weighted by Crippen LogP contribution is -2.19. The molecule has 0 aliphatic heterocycles. The van der Waals surface area contributed by atoms with Gasteiger partial charge in [-0.05, 0) is 55.2 Å². The summed E-state index contributed by atoms with van der Waals surface area (Å²) in [5, 5.41) is 2.90. The van der Waals surface area contributed by atoms with Gasteiger partial charge in [0.2, 0.25) is 0 Å². The Balaban J connectivity index is 1.33. The van der Waals surface area contributed by atoms with Crippen molar-refractivity contribution in [3.8, 4) is 11.3 Å². The first-order chi connectivity index (χ1) is 16.3. The van der Waals surface area contributed by atoms with Crippen LogP contribution in [0.25, 0.3) is 11.3 Å². The number of rotatable bonds is 6. The number of ether oxygens (including phenoxy) is 1. The van der Waals surface area contributed by atoms with Gasteiger partial charge in [0.05, 0.1) is 36.6 Å². The Morgan fingerprint density at radius 3 is 2.26 bits per heavy atom. The quantitative estimate of drug-likeness (QED) is 0.436. The van der Waals surface area contributed by atoms with Gasteiger partial charge in [0.1, 0.15) is 11.5 Å². The van der Waals surface area contributed by atoms with Crippen molar-refractivity contribution in [3.05, 3.63) is 66.2 Å². The molecule has 3 aromatic rings. The summed E-state index contributed by atoms with van der Waals surface area (Å²) in [5.41, 5.74) is 2.37. The van der Waals surface area contributed by atoms with Crippen LogP contribution in [0.1, 0.15) is 49.8 Å². The van der Waals surface area contributed by atoms with Gasteiger partial charge in [-0.1, -0.05) is 24.3 Å². The van der Waals surface area contributed by atoms with Crippen LogP contribution >= 0.6 is 0 Å². The molecule has 34 heavy (non-hydrogen) atoms. The first kappa shape index (κ1) is 23.7. The van der Waals surface area contributed by atoms with Crippen molar-refractivity contribution < 1.29 is 22.7 Å². The molecule has 9 heteroatoms. The molecule has 1 N–H and O–H groups in total. The maximum absolute atomic E-state index is 12.6. The summed E-state index contributed by atoms with van der Waals surface area (Å²) >= 11 is 0. The lowest BCUT2D eigenvalue weighted by molar-refractivity contribution is -0.143. The normalized spacial score (nSPS) is 18.4. The Morgan fingerprint density at radius 2 is 1.71 bits per heavy atom. The Bertz CT molecular complexity index is 1090. The van der Waals surface area contributed by atoms with Crippen LogP contribution in [0.5, 0.6) is 0 Å². The molecule has 0 unspecified atom stereocenters. The van der Waals surface area contributed by atoms with Crippen molar-refractivity contribution in [2.45, 2.75) is 44.7 Å². The SMILES string of the molecule is CC(=O)OCC1CCC(c2ccc(-c3cnc(Nc4ccc(C(F)(F)F)nc4)cn3)cc2)CC1. The van der Waals surface area contributed by atoms with E-state index in [4.69, 9.17) is 4.74 Å². The van der Waals surface area contributed by atoms with Gasteiger partial charge >= 0.3 is 12.1 Å². The van der Waals surface area contributed by atoms with Crippen molar-refractivity contribution in [2.24, 2.45) is 5.92 Å². The number of hydrogen-bond donors (Lipinski definition) is 1. The number of anilines is 2. The largest absolute Gasteiger partial charge is 0.466 e. The van der Waals surface area contributed by atoms with E-state index in [9.17, 15) is 18.0 Å². The molecular weight excluding hydrogens is 445 g/mol. The number of esters is 1. The molecule has 1 aromatic carbocycles. The second kappa shape index (κ2) is 10.2. The summed E-state index contributed by atoms with van der Waals surface area (Å²) in [6.07, 6.45) is 4.04. The van der Waals surface area contributed by atoms with Gasteiger partial charge in [0, 0.05) is 12.5 Å². The molecule has 0 radical (unpaired) electrons. The minimum Gasteiger partial charge on any atom is -0.466 e. The van der Waals surface area contributed by atoms with Crippen molar-refractivity contribution in [3.63, 3.8) is 0 Å². The minimum absolute atomic E-state index is 0.221. The summed E-state index contributed by atoms with van der Waals surface area (Å²) in [5.74, 6) is 1.13. The standard InChI is InChI=1S/C25H25F3N4O2/c1-16(33)34-15-17-2-4-18(5-3-17)19-6-8-20(9-7-19)22-13-31-24(14-29-22)32-21-10-11-23(30-12-21)25(26,27)28/h6-14,17-18H,2-5,15H2,1H3,(H,31,32). The third-order valence-electron chi connectivity index (χ3n) is 6.03. The average Bonchev–Trinajstić information content (AvgIpc) is 2.83. The number of benzene rings is 1. The molecule has 1 saturated carbocycles. The third-order valence-corrected chi connectivity index (χ3v) is 6.03. The van der Waals surface area contributed by atoms with Gasteiger partial charge in [0.15, 0.2) is 0 Å². The number of carbonyl (C=O) groups excluding carboxylic acids is 1. The van der Waals surface area contributed by atoms with E-state index in [1.165, 1.54) is 24.8 Å². The van der Waals surface area contributed by atoms with E-state index in [1.807, 2.05) is 12.1 Å². The van der Waals surface area contributed by atoms with Gasteiger partial charge in [0.25, 0.3) is 0 Å². The number of carbonyl (C=O) groups is 1. The van der Waals surface area contributed by atoms with Gasteiger partial charge in [-0.3, -0.25) is 9.78 Å². The molecule has 178 valence electrons. The smallest absolute Gasteiger partial charge is 0.433 e. The number of alkyl halides is 3. The molecule has 0 bridgehead atoms. The van der Waals surface area contributed by atoms with Gasteiger partial charge in [-0.15, -0.1) is 0 Å². The highest BCUT2D eigenvalue weighted by atomic mass is 19.4. The van der Waals surface area contributed by atoms with E-state index >= 15 is 0 Å². The summed E-state index contributed by atoms with van der Waals surface area (Å²) in [6.45, 7) is 1.96. The van der Waals surface area contributed by atoms with Crippen LogP contribution in [0.15, 0.2) is 55.0 Å². The molecule has 1 fully saturated rings. The number of halogens is 3. The monoisotopic (exact) mass is 470 g/mol. The van der Waals surface area contributed by atoms with Crippen molar-refractivity contribution in [2.75, 3.05) is 11.9 Å². The zero-order valence-electron chi connectivity index (χ0n) is 18.7. The molecule has 0 amide bonds. The van der Waals surface area contributed by atoms with E-state index in [-0.39, 0.29) is 5.97 Å². The van der Waals surface area contributed by atoms with Crippen molar-refractivity contribution in [1.29, 1.82) is 0 Å². The highest BCUT2D eigenvalue weighted by Crippen LogP contribution is 2.36. The van der Waals surface area contributed by atoms with Crippen LogP contribution < -0.4 is 5.32 Å². The number of nitrogens with zero attached hydrogens (tertiary/aromatic N) is 3. The molecule has 2 aromatic heterocycles. The van der Waals surface area contributed by atoms with Crippen molar-refractivity contribution >= 4 is 17.5 Å². The lowest BCUT2D eigenvalue weighted by atomic mass is 9.79. The van der Waals surface area contributed by atoms with Crippen LogP contribution in [0.3, 0.4) is 0 Å². The summed E-state index contributed by atoms with van der Waals surface area (Å²) in [6, 6.07) is 10.5. The Labute approximate surface area is 195 Å². The Hall–Kier alpha value is -3.49. The van der Waals surface area contributed by atoms with Crippen LogP contribution in [-0.4, -0.2) is 27.5 Å². The maximum atomic E-state index is 12.6. The molecule has 0 spiro atoms. The first-order valence-corrected chi connectivity index (χ1v) is 11.1. The molecule has 2 heterocycles. The zero-order chi connectivity index (χ0) is 24.1. The van der Waals surface area contributed by atoms with Crippen LogP contribution in [-0.2, 0) is 15.7 Å². The Kier molecular flexibility index (Phi) is 7.09. The van der Waals surface area contributed by atoms with E-state index in [0.717, 1.165) is 43.5 Å². The molecule has 1 aliphatic carbocycles. The third kappa shape index (κ3) is 6.09. The lowest BCUT2D eigenvalue weighted by Gasteiger charge is -2.28. The molecule has 4 rings (SSSR count). The van der Waals surface area contributed by atoms with Crippen LogP contribution in [0, 0.1) is 5.92 Å². The minimum atomic E-state index is -4.47. The molecule has 0 saturated heterocycles. The fourth-order valence-electron chi connectivity index (χ4n) is 4.15. The van der Waals surface area contributed by atoms with Gasteiger partial charge < -0.3 is 10.1 Å². The topological polar surface area (TPSA) is 77.0 Å². The van der Waals surface area contributed by atoms with Gasteiger partial charge in [-0.25, -0.2) is 9.97 Å². The highest BCUT2D eigenvalue weighted by molar-refractivity contribution is 5.65. The van der Waals surface area contributed by atoms with Crippen molar-refractivity contribution in [1.82, 2.24) is 15.0 Å². The number of hydrogen-bond acceptors (Lipinski definition) is 6. The predicted octanol–water partition coefficient (Wildman–Crippen LogP) is 6.14. The molecular formula is C25H25F3N4O2. The fraction of sp³-hybridized carbons (Fsp3) is 0.360. The number of nitrogens with one attached hydrogen (secondary N) is 1. The first-order valence-electron chi connectivity index (χ1n) is 11.1. The fourth-order valence-corrected chi connectivity index (χ4v) is 4.15. The van der Waals surface area contributed by atoms with Crippen LogP contribution in [0.4, 0.5) is 24.7 Å². The van der Waals surface area contributed by atoms with Crippen LogP contribution in [0.2, 0.25) is 0 Å². The number of aromatic nitrogens is 3. The summed E-state index contributed by atoms with van der Waals surface area (Å²) in [4.78, 5) is 23.1. The molecule has 6 nitrogen and oxygen atoms in total. The second-order valence-corrected chi connectivity index (χ2v) is 8.48. The predicted molar refractivity (Wildman–Crippen MR) is 121 cm³/mol. The van der Waals surface area contributed by atoms with E-state index < -0.39 is 11.9 Å². The summed E-state index contributed by atoms with van der Waals surface area (Å²) in [7, 11) is 0. The summed E-state index contributed by atoms with van der Waals surface area (Å²) < 4.78 is 43.0. The average molecular weight is 470 g/mol. The Morgan fingerprint density at radius 1 is 0.971 bits per heavy atom. The van der Waals surface area contributed by atoms with E-state index in [0.29, 0.717) is 35.6 Å². The molecule has 1 aliphatic rings. The number of pyridine rings is 1. The van der Waals surface area contributed by atoms with E-state index in [1.54, 1.807) is 6.20 Å². The van der Waals surface area contributed by atoms with E-state index in [2.05, 4.69) is 32.4 Å². The molecule has 0 atom stereocenters. The maximum Gasteiger partial charge on any atom is 0.433 e. The zero-order valence-corrected chi connectivity index (χ0v) is 18.7. The second-order valence-electron chi connectivity index (χ2n) is 8.48. The van der Waals surface area contributed by atoms with Gasteiger partial charge in [-0.2, -0.15) is 13.2 Å². The highest BCUT2D eigenvalue weighted by Gasteiger charge is 2.32.